The number of aromatic carboxylic acids is 1. The van der Waals surface area contributed by atoms with Crippen molar-refractivity contribution in [1.82, 2.24) is 9.80 Å². The molecular weight excluding hydrogens is 246 g/mol. The van der Waals surface area contributed by atoms with Gasteiger partial charge in [0.15, 0.2) is 0 Å². The number of carboxylic acids is 1. The molecule has 1 saturated heterocycles. The minimum atomic E-state index is -1.38. The van der Waals surface area contributed by atoms with Crippen LogP contribution >= 0.6 is 0 Å². The maximum absolute atomic E-state index is 12.3. The van der Waals surface area contributed by atoms with Gasteiger partial charge in [0.05, 0.1) is 5.97 Å². The predicted octanol–water partition coefficient (Wildman–Crippen LogP) is -0.980. The Balaban J connectivity index is 2.26. The molecule has 1 heterocycles. The van der Waals surface area contributed by atoms with Gasteiger partial charge in [-0.2, -0.15) is 0 Å². The van der Waals surface area contributed by atoms with E-state index >= 15 is 0 Å². The van der Waals surface area contributed by atoms with Crippen LogP contribution in [0.1, 0.15) is 20.7 Å². The molecule has 2 rings (SSSR count). The van der Waals surface area contributed by atoms with Gasteiger partial charge >= 0.3 is 0 Å². The topological polar surface area (TPSA) is 89.7 Å². The zero-order chi connectivity index (χ0) is 14.0. The molecule has 1 aromatic carbocycles. The van der Waals surface area contributed by atoms with E-state index in [2.05, 4.69) is 4.90 Å². The van der Waals surface area contributed by atoms with Crippen molar-refractivity contribution < 1.29 is 14.7 Å². The molecule has 0 radical (unpaired) electrons. The molecule has 1 fully saturated rings. The lowest BCUT2D eigenvalue weighted by molar-refractivity contribution is -0.255. The summed E-state index contributed by atoms with van der Waals surface area (Å²) >= 11 is 0. The molecule has 0 atom stereocenters. The number of likely N-dealkylation sites (N-methyl/N-ethyl adjacent to an activating group) is 1. The number of amides is 1. The third-order valence-electron chi connectivity index (χ3n) is 3.28. The highest BCUT2D eigenvalue weighted by molar-refractivity contribution is 6.04. The molecule has 19 heavy (non-hydrogen) atoms. The summed E-state index contributed by atoms with van der Waals surface area (Å²) in [5.41, 5.74) is 5.83. The monoisotopic (exact) mass is 262 g/mol. The molecule has 6 nitrogen and oxygen atoms in total. The number of nitrogen functional groups attached to an aromatic ring is 1. The molecule has 2 N–H and O–H groups in total. The number of carboxylic acid groups (broad SMARTS) is 1. The van der Waals surface area contributed by atoms with Gasteiger partial charge in [-0.25, -0.2) is 0 Å². The van der Waals surface area contributed by atoms with Crippen molar-refractivity contribution in [3.63, 3.8) is 0 Å². The number of carbonyl (C=O) groups is 2. The van der Waals surface area contributed by atoms with Crippen LogP contribution < -0.4 is 10.8 Å². The van der Waals surface area contributed by atoms with Gasteiger partial charge in [0.25, 0.3) is 5.91 Å². The normalized spacial score (nSPS) is 16.4. The number of rotatable bonds is 2. The third kappa shape index (κ3) is 2.85. The Bertz CT molecular complexity index is 508. The smallest absolute Gasteiger partial charge is 0.254 e. The van der Waals surface area contributed by atoms with E-state index in [1.807, 2.05) is 7.05 Å². The standard InChI is InChI=1S/C13H17N3O3/c1-15-4-6-16(7-5-15)12(17)10-3-2-9(14)8-11(10)13(18)19/h2-3,8H,4-7,14H2,1H3,(H,18,19)/p-1. The van der Waals surface area contributed by atoms with Crippen LogP contribution in [0, 0.1) is 0 Å². The van der Waals surface area contributed by atoms with Gasteiger partial charge in [-0.15, -0.1) is 0 Å². The zero-order valence-electron chi connectivity index (χ0n) is 10.8. The van der Waals surface area contributed by atoms with Crippen molar-refractivity contribution in [2.24, 2.45) is 0 Å². The summed E-state index contributed by atoms with van der Waals surface area (Å²) < 4.78 is 0. The lowest BCUT2D eigenvalue weighted by atomic mass is 10.0. The Morgan fingerprint density at radius 1 is 1.16 bits per heavy atom. The first-order valence-corrected chi connectivity index (χ1v) is 6.07. The Kier molecular flexibility index (Phi) is 3.71. The van der Waals surface area contributed by atoms with E-state index in [9.17, 15) is 14.7 Å². The van der Waals surface area contributed by atoms with Crippen LogP contribution in [0.25, 0.3) is 0 Å². The van der Waals surface area contributed by atoms with Gasteiger partial charge in [0.1, 0.15) is 0 Å². The summed E-state index contributed by atoms with van der Waals surface area (Å²) in [4.78, 5) is 27.2. The van der Waals surface area contributed by atoms with Crippen LogP contribution in [0.5, 0.6) is 0 Å². The number of nitrogens with zero attached hydrogens (tertiary/aromatic N) is 2. The van der Waals surface area contributed by atoms with Gasteiger partial charge in [-0.1, -0.05) is 0 Å². The van der Waals surface area contributed by atoms with Crippen molar-refractivity contribution in [1.29, 1.82) is 0 Å². The summed E-state index contributed by atoms with van der Waals surface area (Å²) in [7, 11) is 1.98. The van der Waals surface area contributed by atoms with Crippen LogP contribution in [0.15, 0.2) is 18.2 Å². The van der Waals surface area contributed by atoms with E-state index in [4.69, 9.17) is 5.73 Å². The van der Waals surface area contributed by atoms with Crippen LogP contribution in [-0.2, 0) is 0 Å². The molecule has 1 aliphatic rings. The first-order valence-electron chi connectivity index (χ1n) is 6.07. The van der Waals surface area contributed by atoms with E-state index in [0.717, 1.165) is 13.1 Å². The summed E-state index contributed by atoms with van der Waals surface area (Å²) in [5, 5.41) is 11.1. The molecule has 6 heteroatoms. The lowest BCUT2D eigenvalue weighted by Gasteiger charge is -2.33. The second-order valence-corrected chi connectivity index (χ2v) is 4.69. The summed E-state index contributed by atoms with van der Waals surface area (Å²) in [6.45, 7) is 2.74. The number of benzene rings is 1. The van der Waals surface area contributed by atoms with Crippen LogP contribution in [0.4, 0.5) is 5.69 Å². The Labute approximate surface area is 111 Å². The average Bonchev–Trinajstić information content (AvgIpc) is 2.38. The number of hydrogen-bond acceptors (Lipinski definition) is 5. The number of carbonyl (C=O) groups excluding carboxylic acids is 2. The molecule has 1 amide bonds. The number of nitrogens with two attached hydrogens (primary N) is 1. The fourth-order valence-electron chi connectivity index (χ4n) is 2.10. The molecule has 0 aromatic heterocycles. The van der Waals surface area contributed by atoms with Crippen LogP contribution in [0.3, 0.4) is 0 Å². The molecule has 0 aliphatic carbocycles. The average molecular weight is 262 g/mol. The largest absolute Gasteiger partial charge is 0.545 e. The molecule has 1 aromatic rings. The minimum absolute atomic E-state index is 0.138. The van der Waals surface area contributed by atoms with Gasteiger partial charge in [-0.05, 0) is 25.2 Å². The van der Waals surface area contributed by atoms with Crippen molar-refractivity contribution in [3.05, 3.63) is 29.3 Å². The van der Waals surface area contributed by atoms with Gasteiger partial charge in [-0.3, -0.25) is 4.79 Å². The Morgan fingerprint density at radius 3 is 2.37 bits per heavy atom. The van der Waals surface area contributed by atoms with Crippen molar-refractivity contribution in [2.75, 3.05) is 39.0 Å². The van der Waals surface area contributed by atoms with E-state index in [1.54, 1.807) is 4.90 Å². The second kappa shape index (κ2) is 5.27. The highest BCUT2D eigenvalue weighted by atomic mass is 16.4. The second-order valence-electron chi connectivity index (χ2n) is 4.69. The molecular formula is C13H16N3O3-. The molecule has 0 saturated carbocycles. The summed E-state index contributed by atoms with van der Waals surface area (Å²) in [5.74, 6) is -1.67. The highest BCUT2D eigenvalue weighted by Gasteiger charge is 2.22. The number of hydrogen-bond donors (Lipinski definition) is 1. The summed E-state index contributed by atoms with van der Waals surface area (Å²) in [6, 6.07) is 4.23. The quantitative estimate of drug-likeness (QED) is 0.692. The maximum Gasteiger partial charge on any atom is 0.254 e. The fraction of sp³-hybridized carbons (Fsp3) is 0.385. The molecule has 0 bridgehead atoms. The Hall–Kier alpha value is -2.08. The van der Waals surface area contributed by atoms with E-state index in [-0.39, 0.29) is 17.0 Å². The van der Waals surface area contributed by atoms with Gasteiger partial charge in [0.2, 0.25) is 0 Å². The first-order chi connectivity index (χ1) is 8.99. The number of piperazine rings is 1. The molecule has 0 spiro atoms. The maximum atomic E-state index is 12.3. The SMILES string of the molecule is CN1CCN(C(=O)c2ccc(N)cc2C(=O)[O-])CC1. The van der Waals surface area contributed by atoms with E-state index < -0.39 is 5.97 Å². The van der Waals surface area contributed by atoms with Crippen molar-refractivity contribution >= 4 is 17.6 Å². The highest BCUT2D eigenvalue weighted by Crippen LogP contribution is 2.16. The lowest BCUT2D eigenvalue weighted by Crippen LogP contribution is -2.47. The van der Waals surface area contributed by atoms with Gasteiger partial charge in [0, 0.05) is 43.0 Å². The molecule has 0 unspecified atom stereocenters. The molecule has 1 aliphatic heterocycles. The summed E-state index contributed by atoms with van der Waals surface area (Å²) in [6.07, 6.45) is 0. The van der Waals surface area contributed by atoms with Crippen LogP contribution in [0.2, 0.25) is 0 Å². The van der Waals surface area contributed by atoms with E-state index in [0.29, 0.717) is 18.8 Å². The molecule has 102 valence electrons. The number of anilines is 1. The fourth-order valence-corrected chi connectivity index (χ4v) is 2.10. The minimum Gasteiger partial charge on any atom is -0.545 e. The van der Waals surface area contributed by atoms with Crippen molar-refractivity contribution in [3.8, 4) is 0 Å². The predicted molar refractivity (Wildman–Crippen MR) is 68.6 cm³/mol. The van der Waals surface area contributed by atoms with E-state index in [1.165, 1.54) is 18.2 Å². The first kappa shape index (κ1) is 13.4. The van der Waals surface area contributed by atoms with Gasteiger partial charge < -0.3 is 25.4 Å². The van der Waals surface area contributed by atoms with Crippen molar-refractivity contribution in [2.45, 2.75) is 0 Å². The van der Waals surface area contributed by atoms with Crippen LogP contribution in [-0.4, -0.2) is 54.9 Å². The third-order valence-corrected chi connectivity index (χ3v) is 3.28. The Morgan fingerprint density at radius 2 is 1.79 bits per heavy atom. The zero-order valence-corrected chi connectivity index (χ0v) is 10.8.